The van der Waals surface area contributed by atoms with Crippen LogP contribution in [-0.4, -0.2) is 30.9 Å². The van der Waals surface area contributed by atoms with Crippen LogP contribution in [0.2, 0.25) is 0 Å². The van der Waals surface area contributed by atoms with Crippen molar-refractivity contribution < 1.29 is 19.5 Å². The van der Waals surface area contributed by atoms with E-state index >= 15 is 0 Å². The topological polar surface area (TPSA) is 58.9 Å². The molecule has 0 aliphatic rings. The van der Waals surface area contributed by atoms with Crippen molar-refractivity contribution in [2.45, 2.75) is 6.92 Å². The highest BCUT2D eigenvalue weighted by Gasteiger charge is 2.12. The number of rotatable bonds is 6. The van der Waals surface area contributed by atoms with Gasteiger partial charge in [-0.1, -0.05) is 30.4 Å². The van der Waals surface area contributed by atoms with Crippen LogP contribution in [0.4, 0.5) is 0 Å². The SMILES string of the molecule is CCOc1cc(/C=C/c2ccc(OC)cc2)cc(B(O)O)c1. The molecule has 0 unspecified atom stereocenters. The van der Waals surface area contributed by atoms with Gasteiger partial charge in [-0.3, -0.25) is 0 Å². The fourth-order valence-electron chi connectivity index (χ4n) is 2.05. The summed E-state index contributed by atoms with van der Waals surface area (Å²) in [6.07, 6.45) is 3.84. The lowest BCUT2D eigenvalue weighted by molar-refractivity contribution is 0.340. The Bertz CT molecular complexity index is 636. The van der Waals surface area contributed by atoms with E-state index in [1.165, 1.54) is 0 Å². The van der Waals surface area contributed by atoms with Crippen molar-refractivity contribution in [1.29, 1.82) is 0 Å². The molecule has 0 atom stereocenters. The molecule has 0 fully saturated rings. The van der Waals surface area contributed by atoms with E-state index in [4.69, 9.17) is 9.47 Å². The molecule has 0 aromatic heterocycles. The largest absolute Gasteiger partial charge is 0.497 e. The zero-order chi connectivity index (χ0) is 15.9. The second-order valence-electron chi connectivity index (χ2n) is 4.75. The Morgan fingerprint density at radius 3 is 2.23 bits per heavy atom. The summed E-state index contributed by atoms with van der Waals surface area (Å²) in [4.78, 5) is 0. The maximum absolute atomic E-state index is 9.35. The molecule has 0 saturated heterocycles. The normalized spacial score (nSPS) is 10.7. The second-order valence-corrected chi connectivity index (χ2v) is 4.75. The van der Waals surface area contributed by atoms with Crippen LogP contribution in [0.1, 0.15) is 18.1 Å². The number of methoxy groups -OCH3 is 1. The first-order valence-corrected chi connectivity index (χ1v) is 7.08. The van der Waals surface area contributed by atoms with Gasteiger partial charge < -0.3 is 19.5 Å². The summed E-state index contributed by atoms with van der Waals surface area (Å²) in [5.41, 5.74) is 2.26. The van der Waals surface area contributed by atoms with Crippen molar-refractivity contribution in [1.82, 2.24) is 0 Å². The summed E-state index contributed by atoms with van der Waals surface area (Å²) in [6, 6.07) is 12.9. The first-order chi connectivity index (χ1) is 10.6. The van der Waals surface area contributed by atoms with Gasteiger partial charge in [-0.2, -0.15) is 0 Å². The van der Waals surface area contributed by atoms with Crippen LogP contribution in [0.25, 0.3) is 12.2 Å². The molecule has 2 aromatic carbocycles. The summed E-state index contributed by atoms with van der Waals surface area (Å²) >= 11 is 0. The molecule has 0 heterocycles. The molecule has 2 rings (SSSR count). The molecule has 0 amide bonds. The second kappa shape index (κ2) is 7.68. The monoisotopic (exact) mass is 298 g/mol. The fraction of sp³-hybridized carbons (Fsp3) is 0.176. The molecular formula is C17H19BO4. The highest BCUT2D eigenvalue weighted by atomic mass is 16.5. The van der Waals surface area contributed by atoms with E-state index in [0.29, 0.717) is 17.8 Å². The lowest BCUT2D eigenvalue weighted by Gasteiger charge is -2.08. The first-order valence-electron chi connectivity index (χ1n) is 7.08. The molecule has 0 radical (unpaired) electrons. The Kier molecular flexibility index (Phi) is 5.64. The van der Waals surface area contributed by atoms with Crippen molar-refractivity contribution in [3.8, 4) is 11.5 Å². The molecule has 2 N–H and O–H groups in total. The Morgan fingerprint density at radius 1 is 0.955 bits per heavy atom. The summed E-state index contributed by atoms with van der Waals surface area (Å²) in [5, 5.41) is 18.7. The predicted molar refractivity (Wildman–Crippen MR) is 89.4 cm³/mol. The van der Waals surface area contributed by atoms with Crippen LogP contribution in [-0.2, 0) is 0 Å². The van der Waals surface area contributed by atoms with Gasteiger partial charge in [0.05, 0.1) is 13.7 Å². The van der Waals surface area contributed by atoms with Gasteiger partial charge in [0.25, 0.3) is 0 Å². The minimum atomic E-state index is -1.52. The molecule has 22 heavy (non-hydrogen) atoms. The summed E-state index contributed by atoms with van der Waals surface area (Å²) in [7, 11) is 0.111. The van der Waals surface area contributed by atoms with Crippen molar-refractivity contribution in [3.63, 3.8) is 0 Å². The van der Waals surface area contributed by atoms with Gasteiger partial charge in [-0.15, -0.1) is 0 Å². The highest BCUT2D eigenvalue weighted by Crippen LogP contribution is 2.17. The van der Waals surface area contributed by atoms with Crippen LogP contribution in [0.3, 0.4) is 0 Å². The van der Waals surface area contributed by atoms with Crippen LogP contribution in [0.15, 0.2) is 42.5 Å². The van der Waals surface area contributed by atoms with Gasteiger partial charge in [0.15, 0.2) is 0 Å². The molecule has 2 aromatic rings. The van der Waals surface area contributed by atoms with Gasteiger partial charge in [0.2, 0.25) is 0 Å². The predicted octanol–water partition coefficient (Wildman–Crippen LogP) is 1.94. The van der Waals surface area contributed by atoms with Gasteiger partial charge in [0, 0.05) is 0 Å². The lowest BCUT2D eigenvalue weighted by atomic mass is 9.79. The van der Waals surface area contributed by atoms with E-state index in [0.717, 1.165) is 16.9 Å². The number of ether oxygens (including phenoxy) is 2. The highest BCUT2D eigenvalue weighted by molar-refractivity contribution is 6.58. The van der Waals surface area contributed by atoms with Crippen LogP contribution in [0, 0.1) is 0 Å². The van der Waals surface area contributed by atoms with Crippen molar-refractivity contribution in [3.05, 3.63) is 53.6 Å². The molecule has 0 spiro atoms. The van der Waals surface area contributed by atoms with Gasteiger partial charge in [0.1, 0.15) is 11.5 Å². The van der Waals surface area contributed by atoms with E-state index < -0.39 is 7.12 Å². The smallest absolute Gasteiger partial charge is 0.488 e. The van der Waals surface area contributed by atoms with Gasteiger partial charge >= 0.3 is 7.12 Å². The molecular weight excluding hydrogens is 279 g/mol. The lowest BCUT2D eigenvalue weighted by Crippen LogP contribution is -2.30. The standard InChI is InChI=1S/C17H19BO4/c1-3-22-17-11-14(10-15(12-17)18(19)20)5-4-13-6-8-16(21-2)9-7-13/h4-12,19-20H,3H2,1-2H3/b5-4+. The maximum Gasteiger partial charge on any atom is 0.488 e. The minimum absolute atomic E-state index is 0.403. The molecule has 0 aliphatic carbocycles. The van der Waals surface area contributed by atoms with E-state index in [9.17, 15) is 10.0 Å². The molecule has 4 nitrogen and oxygen atoms in total. The molecule has 0 aliphatic heterocycles. The van der Waals surface area contributed by atoms with Gasteiger partial charge in [-0.05, 0) is 47.8 Å². The summed E-state index contributed by atoms with van der Waals surface area (Å²) < 4.78 is 10.6. The number of hydrogen-bond acceptors (Lipinski definition) is 4. The Labute approximate surface area is 130 Å². The van der Waals surface area contributed by atoms with Crippen LogP contribution < -0.4 is 14.9 Å². The van der Waals surface area contributed by atoms with E-state index in [-0.39, 0.29) is 0 Å². The summed E-state index contributed by atoms with van der Waals surface area (Å²) in [5.74, 6) is 1.42. The minimum Gasteiger partial charge on any atom is -0.497 e. The van der Waals surface area contributed by atoms with E-state index in [1.807, 2.05) is 49.4 Å². The van der Waals surface area contributed by atoms with Crippen molar-refractivity contribution >= 4 is 24.7 Å². The average molecular weight is 298 g/mol. The van der Waals surface area contributed by atoms with Crippen LogP contribution >= 0.6 is 0 Å². The van der Waals surface area contributed by atoms with Gasteiger partial charge in [-0.25, -0.2) is 0 Å². The van der Waals surface area contributed by atoms with Crippen LogP contribution in [0.5, 0.6) is 11.5 Å². The Balaban J connectivity index is 2.24. The van der Waals surface area contributed by atoms with Crippen molar-refractivity contribution in [2.24, 2.45) is 0 Å². The zero-order valence-corrected chi connectivity index (χ0v) is 12.7. The third-order valence-electron chi connectivity index (χ3n) is 3.14. The molecule has 0 bridgehead atoms. The molecule has 0 saturated carbocycles. The average Bonchev–Trinajstić information content (AvgIpc) is 2.53. The Morgan fingerprint density at radius 2 is 1.64 bits per heavy atom. The zero-order valence-electron chi connectivity index (χ0n) is 12.7. The number of benzene rings is 2. The fourth-order valence-corrected chi connectivity index (χ4v) is 2.05. The summed E-state index contributed by atoms with van der Waals surface area (Å²) in [6.45, 7) is 2.40. The number of hydrogen-bond donors (Lipinski definition) is 2. The van der Waals surface area contributed by atoms with Crippen molar-refractivity contribution in [2.75, 3.05) is 13.7 Å². The van der Waals surface area contributed by atoms with E-state index in [1.54, 1.807) is 19.2 Å². The Hall–Kier alpha value is -2.24. The third kappa shape index (κ3) is 4.38. The molecule has 5 heteroatoms. The van der Waals surface area contributed by atoms with E-state index in [2.05, 4.69) is 0 Å². The third-order valence-corrected chi connectivity index (χ3v) is 3.14. The first kappa shape index (κ1) is 16.1. The maximum atomic E-state index is 9.35. The quantitative estimate of drug-likeness (QED) is 0.632. The molecule has 114 valence electrons.